The number of halogens is 1. The van der Waals surface area contributed by atoms with E-state index in [0.29, 0.717) is 0 Å². The highest BCUT2D eigenvalue weighted by Crippen LogP contribution is 1.81. The molecule has 1 nitrogen and oxygen atoms in total. The molecule has 0 aromatic rings. The van der Waals surface area contributed by atoms with Gasteiger partial charge in [-0.2, -0.15) is 0 Å². The molecule has 0 bridgehead atoms. The van der Waals surface area contributed by atoms with Gasteiger partial charge in [-0.15, -0.1) is 12.4 Å². The smallest absolute Gasteiger partial charge is 0.00490 e. The van der Waals surface area contributed by atoms with Crippen molar-refractivity contribution in [3.63, 3.8) is 0 Å². The van der Waals surface area contributed by atoms with Crippen LogP contribution in [0.1, 0.15) is 33.1 Å². The predicted molar refractivity (Wildman–Crippen MR) is 45.3 cm³/mol. The molecule has 58 valence electrons. The lowest BCUT2D eigenvalue weighted by Crippen LogP contribution is -2.15. The third-order valence-electron chi connectivity index (χ3n) is 1.13. The zero-order chi connectivity index (χ0) is 6.24. The average Bonchev–Trinajstić information content (AvgIpc) is 1.81. The minimum Gasteiger partial charge on any atom is -0.317 e. The summed E-state index contributed by atoms with van der Waals surface area (Å²) in [6.07, 6.45) is 3.88. The number of rotatable bonds is 5. The van der Waals surface area contributed by atoms with E-state index in [1.165, 1.54) is 32.4 Å². The third-order valence-corrected chi connectivity index (χ3v) is 1.13. The minimum absolute atomic E-state index is 0. The summed E-state index contributed by atoms with van der Waals surface area (Å²) >= 11 is 0. The van der Waals surface area contributed by atoms with Gasteiger partial charge >= 0.3 is 0 Å². The molecule has 0 rings (SSSR count). The normalized spacial score (nSPS) is 8.67. The second-order valence-electron chi connectivity index (χ2n) is 2.10. The van der Waals surface area contributed by atoms with Gasteiger partial charge in [-0.1, -0.05) is 20.3 Å². The van der Waals surface area contributed by atoms with E-state index in [1.807, 2.05) is 0 Å². The number of nitrogens with one attached hydrogen (secondary N) is 1. The molecule has 0 spiro atoms. The van der Waals surface area contributed by atoms with Crippen molar-refractivity contribution in [3.05, 3.63) is 0 Å². The van der Waals surface area contributed by atoms with Gasteiger partial charge in [0.2, 0.25) is 0 Å². The van der Waals surface area contributed by atoms with Crippen LogP contribution in [0.15, 0.2) is 0 Å². The molecular formula is C7H18ClN. The summed E-state index contributed by atoms with van der Waals surface area (Å²) in [6.45, 7) is 6.79. The number of hydrogen-bond acceptors (Lipinski definition) is 1. The zero-order valence-corrected chi connectivity index (χ0v) is 7.26. The predicted octanol–water partition coefficient (Wildman–Crippen LogP) is 2.21. The van der Waals surface area contributed by atoms with Gasteiger partial charge in [-0.05, 0) is 25.9 Å². The van der Waals surface area contributed by atoms with E-state index in [9.17, 15) is 0 Å². The van der Waals surface area contributed by atoms with Crippen molar-refractivity contribution < 1.29 is 0 Å². The Labute approximate surface area is 64.6 Å². The largest absolute Gasteiger partial charge is 0.317 e. The van der Waals surface area contributed by atoms with E-state index < -0.39 is 0 Å². The molecule has 0 fully saturated rings. The first kappa shape index (κ1) is 12.0. The maximum Gasteiger partial charge on any atom is -0.00490 e. The fourth-order valence-corrected chi connectivity index (χ4v) is 0.604. The minimum atomic E-state index is 0. The molecule has 2 heteroatoms. The van der Waals surface area contributed by atoms with Crippen LogP contribution in [0.5, 0.6) is 0 Å². The van der Waals surface area contributed by atoms with Gasteiger partial charge in [0.1, 0.15) is 0 Å². The van der Waals surface area contributed by atoms with E-state index in [0.717, 1.165) is 0 Å². The molecule has 0 aliphatic carbocycles. The Kier molecular flexibility index (Phi) is 14.8. The Bertz CT molecular complexity index is 33.9. The van der Waals surface area contributed by atoms with E-state index >= 15 is 0 Å². The summed E-state index contributed by atoms with van der Waals surface area (Å²) < 4.78 is 0. The molecule has 0 saturated carbocycles. The third kappa shape index (κ3) is 11.7. The summed E-state index contributed by atoms with van der Waals surface area (Å²) in [7, 11) is 0. The van der Waals surface area contributed by atoms with Crippen molar-refractivity contribution in [2.24, 2.45) is 0 Å². The maximum atomic E-state index is 3.34. The molecule has 0 heterocycles. The summed E-state index contributed by atoms with van der Waals surface area (Å²) in [6, 6.07) is 0. The molecule has 0 atom stereocenters. The topological polar surface area (TPSA) is 12.0 Å². The highest BCUT2D eigenvalue weighted by atomic mass is 35.5. The Morgan fingerprint density at radius 2 is 1.67 bits per heavy atom. The first-order chi connectivity index (χ1) is 3.91. The summed E-state index contributed by atoms with van der Waals surface area (Å²) in [5.74, 6) is 0. The number of unbranched alkanes of at least 4 members (excludes halogenated alkanes) is 1. The standard InChI is InChI=1S/C7H17N.ClH/c1-3-5-7-8-6-4-2;/h8H,3-7H2,1-2H3;1H. The van der Waals surface area contributed by atoms with Crippen LogP contribution in [0.3, 0.4) is 0 Å². The maximum absolute atomic E-state index is 3.34. The van der Waals surface area contributed by atoms with Crippen LogP contribution in [-0.4, -0.2) is 13.1 Å². The molecule has 0 aliphatic rings. The van der Waals surface area contributed by atoms with Crippen LogP contribution in [0.2, 0.25) is 0 Å². The first-order valence-corrected chi connectivity index (χ1v) is 3.62. The lowest BCUT2D eigenvalue weighted by atomic mass is 10.3. The molecule has 0 amide bonds. The second-order valence-corrected chi connectivity index (χ2v) is 2.10. The fraction of sp³-hybridized carbons (Fsp3) is 1.00. The zero-order valence-electron chi connectivity index (χ0n) is 6.44. The van der Waals surface area contributed by atoms with Crippen molar-refractivity contribution >= 4 is 12.4 Å². The fourth-order valence-electron chi connectivity index (χ4n) is 0.604. The Morgan fingerprint density at radius 1 is 1.00 bits per heavy atom. The van der Waals surface area contributed by atoms with E-state index in [1.54, 1.807) is 0 Å². The molecule has 0 aliphatic heterocycles. The quantitative estimate of drug-likeness (QED) is 0.595. The highest BCUT2D eigenvalue weighted by Gasteiger charge is 1.80. The van der Waals surface area contributed by atoms with Gasteiger partial charge in [-0.3, -0.25) is 0 Å². The van der Waals surface area contributed by atoms with Crippen LogP contribution in [0.4, 0.5) is 0 Å². The Hall–Kier alpha value is 0.250. The molecule has 0 saturated heterocycles. The lowest BCUT2D eigenvalue weighted by Gasteiger charge is -1.98. The van der Waals surface area contributed by atoms with Gasteiger partial charge in [0, 0.05) is 0 Å². The monoisotopic (exact) mass is 151 g/mol. The van der Waals surface area contributed by atoms with Crippen molar-refractivity contribution in [1.82, 2.24) is 5.32 Å². The second kappa shape index (κ2) is 11.1. The lowest BCUT2D eigenvalue weighted by molar-refractivity contribution is 0.633. The van der Waals surface area contributed by atoms with Crippen LogP contribution >= 0.6 is 12.4 Å². The summed E-state index contributed by atoms with van der Waals surface area (Å²) in [4.78, 5) is 0. The summed E-state index contributed by atoms with van der Waals surface area (Å²) in [5, 5.41) is 3.34. The molecule has 0 aromatic heterocycles. The molecule has 9 heavy (non-hydrogen) atoms. The van der Waals surface area contributed by atoms with Gasteiger partial charge in [-0.25, -0.2) is 0 Å². The van der Waals surface area contributed by atoms with Crippen molar-refractivity contribution in [2.45, 2.75) is 33.1 Å². The van der Waals surface area contributed by atoms with Crippen LogP contribution < -0.4 is 5.32 Å². The van der Waals surface area contributed by atoms with Gasteiger partial charge < -0.3 is 5.32 Å². The summed E-state index contributed by atoms with van der Waals surface area (Å²) in [5.41, 5.74) is 0. The van der Waals surface area contributed by atoms with Crippen LogP contribution in [0.25, 0.3) is 0 Å². The Morgan fingerprint density at radius 3 is 2.11 bits per heavy atom. The number of hydrogen-bond donors (Lipinski definition) is 1. The van der Waals surface area contributed by atoms with Crippen LogP contribution in [0, 0.1) is 0 Å². The highest BCUT2D eigenvalue weighted by molar-refractivity contribution is 5.85. The van der Waals surface area contributed by atoms with Gasteiger partial charge in [0.15, 0.2) is 0 Å². The van der Waals surface area contributed by atoms with Crippen LogP contribution in [-0.2, 0) is 0 Å². The van der Waals surface area contributed by atoms with E-state index in [-0.39, 0.29) is 12.4 Å². The van der Waals surface area contributed by atoms with Crippen molar-refractivity contribution in [3.8, 4) is 0 Å². The van der Waals surface area contributed by atoms with Gasteiger partial charge in [0.05, 0.1) is 0 Å². The van der Waals surface area contributed by atoms with E-state index in [2.05, 4.69) is 19.2 Å². The van der Waals surface area contributed by atoms with Crippen molar-refractivity contribution in [2.75, 3.05) is 13.1 Å². The molecule has 0 radical (unpaired) electrons. The van der Waals surface area contributed by atoms with Crippen molar-refractivity contribution in [1.29, 1.82) is 0 Å². The average molecular weight is 152 g/mol. The molecular weight excluding hydrogens is 134 g/mol. The SMILES string of the molecule is CCCCNCCC.Cl. The first-order valence-electron chi connectivity index (χ1n) is 3.62. The van der Waals surface area contributed by atoms with E-state index in [4.69, 9.17) is 0 Å². The Balaban J connectivity index is 0. The molecule has 1 N–H and O–H groups in total. The van der Waals surface area contributed by atoms with Gasteiger partial charge in [0.25, 0.3) is 0 Å². The molecule has 0 unspecified atom stereocenters. The molecule has 0 aromatic carbocycles.